The first kappa shape index (κ1) is 18.0. The van der Waals surface area contributed by atoms with Crippen molar-refractivity contribution in [1.29, 1.82) is 0 Å². The van der Waals surface area contributed by atoms with Crippen LogP contribution in [0.15, 0.2) is 29.3 Å². The summed E-state index contributed by atoms with van der Waals surface area (Å²) in [4.78, 5) is 4.34. The normalized spacial score (nSPS) is 23.3. The molecule has 2 rings (SSSR count). The van der Waals surface area contributed by atoms with Gasteiger partial charge in [0.2, 0.25) is 0 Å². The first-order valence-electron chi connectivity index (χ1n) is 8.53. The van der Waals surface area contributed by atoms with Crippen molar-refractivity contribution < 1.29 is 4.21 Å². The van der Waals surface area contributed by atoms with Crippen molar-refractivity contribution in [2.75, 3.05) is 12.8 Å². The third-order valence-corrected chi connectivity index (χ3v) is 6.30. The minimum Gasteiger partial charge on any atom is -0.354 e. The largest absolute Gasteiger partial charge is 0.354 e. The third-order valence-electron chi connectivity index (χ3n) is 4.55. The van der Waals surface area contributed by atoms with Crippen LogP contribution in [-0.2, 0) is 17.3 Å². The lowest BCUT2D eigenvalue weighted by molar-refractivity contribution is 0.413. The maximum atomic E-state index is 12.1. The lowest BCUT2D eigenvalue weighted by atomic mass is 9.95. The van der Waals surface area contributed by atoms with Crippen LogP contribution >= 0.6 is 0 Å². The van der Waals surface area contributed by atoms with Gasteiger partial charge in [0.25, 0.3) is 0 Å². The zero-order valence-corrected chi connectivity index (χ0v) is 15.3. The van der Waals surface area contributed by atoms with E-state index in [2.05, 4.69) is 46.8 Å². The van der Waals surface area contributed by atoms with Crippen molar-refractivity contribution in [2.45, 2.75) is 57.4 Å². The molecule has 2 N–H and O–H groups in total. The average molecular weight is 336 g/mol. The highest BCUT2D eigenvalue weighted by Crippen LogP contribution is 2.23. The van der Waals surface area contributed by atoms with E-state index in [9.17, 15) is 4.21 Å². The molecule has 1 aromatic rings. The molecule has 3 atom stereocenters. The van der Waals surface area contributed by atoms with E-state index in [-0.39, 0.29) is 0 Å². The highest BCUT2D eigenvalue weighted by atomic mass is 32.2. The molecule has 4 nitrogen and oxygen atoms in total. The van der Waals surface area contributed by atoms with Gasteiger partial charge in [-0.05, 0) is 37.3 Å². The highest BCUT2D eigenvalue weighted by molar-refractivity contribution is 7.85. The number of hydrogen-bond donors (Lipinski definition) is 2. The van der Waals surface area contributed by atoms with Gasteiger partial charge in [-0.1, -0.05) is 37.6 Å². The number of nitrogens with zero attached hydrogens (tertiary/aromatic N) is 1. The van der Waals surface area contributed by atoms with Gasteiger partial charge in [-0.25, -0.2) is 0 Å². The zero-order chi connectivity index (χ0) is 16.7. The fourth-order valence-corrected chi connectivity index (χ4v) is 4.47. The Labute approximate surface area is 142 Å². The van der Waals surface area contributed by atoms with E-state index in [0.29, 0.717) is 11.3 Å². The van der Waals surface area contributed by atoms with E-state index < -0.39 is 10.8 Å². The Morgan fingerprint density at radius 1 is 1.35 bits per heavy atom. The Hall–Kier alpha value is -1.36. The topological polar surface area (TPSA) is 53.5 Å². The number of aryl methyl sites for hydroxylation is 1. The molecule has 3 unspecified atom stereocenters. The van der Waals surface area contributed by atoms with Crippen LogP contribution in [0.2, 0.25) is 0 Å². The molecular weight excluding hydrogens is 306 g/mol. The van der Waals surface area contributed by atoms with Gasteiger partial charge in [-0.15, -0.1) is 0 Å². The molecule has 0 spiro atoms. The minimum atomic E-state index is -0.688. The molecule has 1 aliphatic carbocycles. The Morgan fingerprint density at radius 3 is 2.83 bits per heavy atom. The molecule has 0 radical (unpaired) electrons. The number of guanidine groups is 1. The molecule has 1 aromatic carbocycles. The van der Waals surface area contributed by atoms with Gasteiger partial charge in [-0.2, -0.15) is 0 Å². The van der Waals surface area contributed by atoms with Crippen LogP contribution in [0.1, 0.15) is 43.7 Å². The van der Waals surface area contributed by atoms with Crippen molar-refractivity contribution in [3.8, 4) is 0 Å². The number of nitrogens with one attached hydrogen (secondary N) is 2. The summed E-state index contributed by atoms with van der Waals surface area (Å²) in [7, 11) is 1.12. The second-order valence-electron chi connectivity index (χ2n) is 6.15. The second kappa shape index (κ2) is 9.06. The van der Waals surface area contributed by atoms with E-state index >= 15 is 0 Å². The van der Waals surface area contributed by atoms with E-state index in [4.69, 9.17) is 0 Å². The Kier molecular flexibility index (Phi) is 7.09. The Morgan fingerprint density at radius 2 is 2.13 bits per heavy atom. The fraction of sp³-hybridized carbons (Fsp3) is 0.611. The lowest BCUT2D eigenvalue weighted by Crippen LogP contribution is -2.46. The molecule has 0 aromatic heterocycles. The SMILES string of the molecule is CCS(=O)C1CCCC(NC(=NC)NCc2ccccc2C)C1. The van der Waals surface area contributed by atoms with Gasteiger partial charge in [0.05, 0.1) is 0 Å². The van der Waals surface area contributed by atoms with Crippen molar-refractivity contribution in [1.82, 2.24) is 10.6 Å². The summed E-state index contributed by atoms with van der Waals surface area (Å²) in [6, 6.07) is 8.75. The Bertz CT molecular complexity index is 559. The molecule has 1 fully saturated rings. The fourth-order valence-electron chi connectivity index (χ4n) is 3.13. The van der Waals surface area contributed by atoms with Crippen molar-refractivity contribution in [2.24, 2.45) is 4.99 Å². The van der Waals surface area contributed by atoms with E-state index in [1.807, 2.05) is 6.92 Å². The second-order valence-corrected chi connectivity index (χ2v) is 8.16. The minimum absolute atomic E-state index is 0.334. The molecule has 0 heterocycles. The summed E-state index contributed by atoms with van der Waals surface area (Å²) < 4.78 is 12.1. The molecule has 0 aliphatic heterocycles. The summed E-state index contributed by atoms with van der Waals surface area (Å²) in [5, 5.41) is 7.24. The zero-order valence-electron chi connectivity index (χ0n) is 14.5. The van der Waals surface area contributed by atoms with Crippen molar-refractivity contribution in [3.63, 3.8) is 0 Å². The van der Waals surface area contributed by atoms with Gasteiger partial charge in [0, 0.05) is 41.4 Å². The van der Waals surface area contributed by atoms with E-state index in [1.165, 1.54) is 11.1 Å². The van der Waals surface area contributed by atoms with E-state index in [0.717, 1.165) is 43.9 Å². The van der Waals surface area contributed by atoms with Crippen LogP contribution < -0.4 is 10.6 Å². The van der Waals surface area contributed by atoms with Crippen LogP contribution in [0.4, 0.5) is 0 Å². The number of aliphatic imine (C=N–C) groups is 1. The summed E-state index contributed by atoms with van der Waals surface area (Å²) in [5.41, 5.74) is 2.57. The average Bonchev–Trinajstić information content (AvgIpc) is 2.59. The van der Waals surface area contributed by atoms with Crippen molar-refractivity contribution >= 4 is 16.8 Å². The standard InChI is InChI=1S/C18H29N3OS/c1-4-23(22)17-11-7-10-16(12-17)21-18(19-3)20-13-15-9-6-5-8-14(15)2/h5-6,8-9,16-17H,4,7,10-13H2,1-3H3,(H2,19,20,21). The number of benzene rings is 1. The van der Waals surface area contributed by atoms with Gasteiger partial charge in [0.15, 0.2) is 5.96 Å². The monoisotopic (exact) mass is 335 g/mol. The number of rotatable bonds is 5. The summed E-state index contributed by atoms with van der Waals surface area (Å²) in [6.45, 7) is 4.90. The molecule has 23 heavy (non-hydrogen) atoms. The predicted octanol–water partition coefficient (Wildman–Crippen LogP) is 2.74. The van der Waals surface area contributed by atoms with Crippen molar-refractivity contribution in [3.05, 3.63) is 35.4 Å². The van der Waals surface area contributed by atoms with Crippen LogP contribution in [0.3, 0.4) is 0 Å². The van der Waals surface area contributed by atoms with E-state index in [1.54, 1.807) is 7.05 Å². The third kappa shape index (κ3) is 5.34. The molecule has 1 aliphatic rings. The molecule has 128 valence electrons. The molecule has 5 heteroatoms. The van der Waals surface area contributed by atoms with Crippen LogP contribution in [0, 0.1) is 6.92 Å². The maximum Gasteiger partial charge on any atom is 0.191 e. The van der Waals surface area contributed by atoms with Gasteiger partial charge >= 0.3 is 0 Å². The molecule has 0 bridgehead atoms. The summed E-state index contributed by atoms with van der Waals surface area (Å²) in [6.07, 6.45) is 4.34. The lowest BCUT2D eigenvalue weighted by Gasteiger charge is -2.30. The number of hydrogen-bond acceptors (Lipinski definition) is 2. The van der Waals surface area contributed by atoms with Gasteiger partial charge < -0.3 is 10.6 Å². The quantitative estimate of drug-likeness (QED) is 0.643. The summed E-state index contributed by atoms with van der Waals surface area (Å²) >= 11 is 0. The summed E-state index contributed by atoms with van der Waals surface area (Å²) in [5.74, 6) is 1.60. The van der Waals surface area contributed by atoms with Crippen LogP contribution in [-0.4, -0.2) is 34.3 Å². The molecule has 1 saturated carbocycles. The predicted molar refractivity (Wildman–Crippen MR) is 99.2 cm³/mol. The van der Waals surface area contributed by atoms with Gasteiger partial charge in [0.1, 0.15) is 0 Å². The maximum absolute atomic E-state index is 12.1. The molecule has 0 saturated heterocycles. The first-order chi connectivity index (χ1) is 11.1. The first-order valence-corrected chi connectivity index (χ1v) is 9.91. The molecular formula is C18H29N3OS. The highest BCUT2D eigenvalue weighted by Gasteiger charge is 2.25. The van der Waals surface area contributed by atoms with Crippen LogP contribution in [0.5, 0.6) is 0 Å². The molecule has 0 amide bonds. The Balaban J connectivity index is 1.87. The van der Waals surface area contributed by atoms with Crippen LogP contribution in [0.25, 0.3) is 0 Å². The van der Waals surface area contributed by atoms with Gasteiger partial charge in [-0.3, -0.25) is 9.20 Å². The smallest absolute Gasteiger partial charge is 0.191 e.